The third-order valence-corrected chi connectivity index (χ3v) is 3.63. The summed E-state index contributed by atoms with van der Waals surface area (Å²) in [6.45, 7) is 5.66. The van der Waals surface area contributed by atoms with Gasteiger partial charge in [0, 0.05) is 6.42 Å². The van der Waals surface area contributed by atoms with Gasteiger partial charge in [0.15, 0.2) is 0 Å². The van der Waals surface area contributed by atoms with Gasteiger partial charge in [-0.25, -0.2) is 0 Å². The Bertz CT molecular complexity index is 194. The first-order valence-electron chi connectivity index (χ1n) is 6.78. The Morgan fingerprint density at radius 3 is 2.38 bits per heavy atom. The first-order chi connectivity index (χ1) is 7.60. The normalized spacial score (nSPS) is 35.2. The smallest absolute Gasteiger partial charge is 0.112 e. The van der Waals surface area contributed by atoms with E-state index in [1.807, 2.05) is 7.05 Å². The molecule has 96 valence electrons. The van der Waals surface area contributed by atoms with Crippen molar-refractivity contribution < 1.29 is 9.38 Å². The molecule has 3 nitrogen and oxygen atoms in total. The number of ether oxygens (including phenoxy) is 1. The van der Waals surface area contributed by atoms with Gasteiger partial charge in [-0.15, -0.1) is 0 Å². The number of nitrogens with zero attached hydrogens (tertiary/aromatic N) is 1. The van der Waals surface area contributed by atoms with Gasteiger partial charge in [0.2, 0.25) is 0 Å². The summed E-state index contributed by atoms with van der Waals surface area (Å²) >= 11 is 0. The predicted molar refractivity (Wildman–Crippen MR) is 67.0 cm³/mol. The number of hydroxylamine groups is 3. The molecule has 0 radical (unpaired) electrons. The van der Waals surface area contributed by atoms with Crippen LogP contribution in [0.1, 0.15) is 52.4 Å². The van der Waals surface area contributed by atoms with Gasteiger partial charge >= 0.3 is 0 Å². The van der Waals surface area contributed by atoms with E-state index in [1.54, 1.807) is 0 Å². The molecule has 1 aliphatic rings. The highest BCUT2D eigenvalue weighted by atomic mass is 16.6. The average molecular weight is 229 g/mol. The SMILES string of the molecule is CCCCC1C[N+](C)([O-])C(CCCC)CO1. The summed E-state index contributed by atoms with van der Waals surface area (Å²) in [7, 11) is 1.82. The third-order valence-electron chi connectivity index (χ3n) is 3.63. The van der Waals surface area contributed by atoms with Crippen molar-refractivity contribution >= 4 is 0 Å². The summed E-state index contributed by atoms with van der Waals surface area (Å²) in [5.74, 6) is 0. The first kappa shape index (κ1) is 13.9. The molecule has 0 spiro atoms. The molecule has 0 bridgehead atoms. The molecule has 0 aromatic rings. The van der Waals surface area contributed by atoms with Crippen LogP contribution in [0, 0.1) is 5.21 Å². The highest BCUT2D eigenvalue weighted by Gasteiger charge is 2.33. The van der Waals surface area contributed by atoms with Crippen LogP contribution in [0.15, 0.2) is 0 Å². The van der Waals surface area contributed by atoms with E-state index in [4.69, 9.17) is 4.74 Å². The van der Waals surface area contributed by atoms with Crippen LogP contribution in [0.3, 0.4) is 0 Å². The zero-order valence-corrected chi connectivity index (χ0v) is 11.1. The van der Waals surface area contributed by atoms with Gasteiger partial charge in [0.05, 0.1) is 13.7 Å². The van der Waals surface area contributed by atoms with Crippen molar-refractivity contribution in [1.29, 1.82) is 0 Å². The summed E-state index contributed by atoms with van der Waals surface area (Å²) in [5, 5.41) is 12.4. The maximum absolute atomic E-state index is 12.4. The number of unbranched alkanes of at least 4 members (excludes halogenated alkanes) is 2. The van der Waals surface area contributed by atoms with E-state index in [-0.39, 0.29) is 16.8 Å². The molecule has 1 heterocycles. The van der Waals surface area contributed by atoms with Crippen molar-refractivity contribution in [2.24, 2.45) is 0 Å². The lowest BCUT2D eigenvalue weighted by Crippen LogP contribution is -2.58. The lowest BCUT2D eigenvalue weighted by atomic mass is 10.0. The van der Waals surface area contributed by atoms with E-state index in [1.165, 1.54) is 12.8 Å². The van der Waals surface area contributed by atoms with Gasteiger partial charge in [0.1, 0.15) is 18.7 Å². The minimum absolute atomic E-state index is 0.0889. The molecule has 3 unspecified atom stereocenters. The Labute approximate surface area is 99.9 Å². The van der Waals surface area contributed by atoms with Crippen LogP contribution in [-0.4, -0.2) is 37.0 Å². The molecular formula is C13H27NO2. The molecule has 3 heteroatoms. The van der Waals surface area contributed by atoms with Crippen LogP contribution in [0.5, 0.6) is 0 Å². The monoisotopic (exact) mass is 229 g/mol. The largest absolute Gasteiger partial charge is 0.633 e. The van der Waals surface area contributed by atoms with Crippen molar-refractivity contribution in [1.82, 2.24) is 0 Å². The van der Waals surface area contributed by atoms with Crippen LogP contribution < -0.4 is 0 Å². The van der Waals surface area contributed by atoms with Gasteiger partial charge in [0.25, 0.3) is 0 Å². The topological polar surface area (TPSA) is 32.3 Å². The van der Waals surface area contributed by atoms with Gasteiger partial charge in [-0.3, -0.25) is 0 Å². The molecule has 0 aliphatic carbocycles. The fourth-order valence-electron chi connectivity index (χ4n) is 2.41. The molecule has 0 aromatic heterocycles. The molecule has 1 fully saturated rings. The van der Waals surface area contributed by atoms with Crippen LogP contribution in [0.2, 0.25) is 0 Å². The van der Waals surface area contributed by atoms with E-state index < -0.39 is 0 Å². The number of hydrogen-bond donors (Lipinski definition) is 0. The Hall–Kier alpha value is -0.120. The second-order valence-electron chi connectivity index (χ2n) is 5.25. The molecule has 0 saturated carbocycles. The summed E-state index contributed by atoms with van der Waals surface area (Å²) in [5.41, 5.74) is 0. The van der Waals surface area contributed by atoms with Crippen molar-refractivity contribution in [3.8, 4) is 0 Å². The lowest BCUT2D eigenvalue weighted by molar-refractivity contribution is -0.899. The Kier molecular flexibility index (Phi) is 5.73. The minimum atomic E-state index is -0.0889. The van der Waals surface area contributed by atoms with Crippen molar-refractivity contribution in [3.63, 3.8) is 0 Å². The van der Waals surface area contributed by atoms with Crippen LogP contribution in [0.25, 0.3) is 0 Å². The van der Waals surface area contributed by atoms with Crippen molar-refractivity contribution in [3.05, 3.63) is 5.21 Å². The average Bonchev–Trinajstić information content (AvgIpc) is 2.24. The molecule has 1 rings (SSSR count). The van der Waals surface area contributed by atoms with Gasteiger partial charge in [-0.05, 0) is 12.8 Å². The predicted octanol–water partition coefficient (Wildman–Crippen LogP) is 3.08. The second kappa shape index (κ2) is 6.58. The van der Waals surface area contributed by atoms with Gasteiger partial charge in [-0.2, -0.15) is 0 Å². The molecule has 3 atom stereocenters. The van der Waals surface area contributed by atoms with E-state index in [2.05, 4.69) is 13.8 Å². The number of morpholine rings is 1. The third kappa shape index (κ3) is 4.04. The zero-order chi connectivity index (χ0) is 12.0. The van der Waals surface area contributed by atoms with Crippen molar-refractivity contribution in [2.75, 3.05) is 20.2 Å². The number of quaternary nitrogens is 1. The fraction of sp³-hybridized carbons (Fsp3) is 1.00. The van der Waals surface area contributed by atoms with Crippen LogP contribution >= 0.6 is 0 Å². The molecule has 1 aliphatic heterocycles. The van der Waals surface area contributed by atoms with E-state index in [0.29, 0.717) is 13.2 Å². The van der Waals surface area contributed by atoms with Gasteiger partial charge < -0.3 is 14.6 Å². The van der Waals surface area contributed by atoms with Crippen molar-refractivity contribution in [2.45, 2.75) is 64.5 Å². The molecule has 16 heavy (non-hydrogen) atoms. The Balaban J connectivity index is 2.38. The van der Waals surface area contributed by atoms with E-state index in [0.717, 1.165) is 25.7 Å². The highest BCUT2D eigenvalue weighted by molar-refractivity contribution is 4.70. The Morgan fingerprint density at radius 1 is 1.19 bits per heavy atom. The minimum Gasteiger partial charge on any atom is -0.633 e. The quantitative estimate of drug-likeness (QED) is 0.518. The van der Waals surface area contributed by atoms with E-state index in [9.17, 15) is 5.21 Å². The summed E-state index contributed by atoms with van der Waals surface area (Å²) in [6.07, 6.45) is 6.91. The first-order valence-corrected chi connectivity index (χ1v) is 6.78. The van der Waals surface area contributed by atoms with Gasteiger partial charge in [-0.1, -0.05) is 33.1 Å². The Morgan fingerprint density at radius 2 is 1.81 bits per heavy atom. The zero-order valence-electron chi connectivity index (χ0n) is 11.1. The number of rotatable bonds is 6. The van der Waals surface area contributed by atoms with Crippen LogP contribution in [0.4, 0.5) is 0 Å². The maximum atomic E-state index is 12.4. The highest BCUT2D eigenvalue weighted by Crippen LogP contribution is 2.24. The summed E-state index contributed by atoms with van der Waals surface area (Å²) < 4.78 is 5.72. The number of hydrogen-bond acceptors (Lipinski definition) is 2. The molecule has 0 aromatic carbocycles. The fourth-order valence-corrected chi connectivity index (χ4v) is 2.41. The second-order valence-corrected chi connectivity index (χ2v) is 5.25. The standard InChI is InChI=1S/C13H27NO2/c1-4-6-8-12-11-16-13(9-7-5-2)10-14(12,3)15/h12-13H,4-11H2,1-3H3. The molecule has 0 N–H and O–H groups in total. The van der Waals surface area contributed by atoms with Crippen LogP contribution in [-0.2, 0) is 4.74 Å². The number of likely N-dealkylation sites (N-methyl/N-ethyl adjacent to an activating group) is 1. The van der Waals surface area contributed by atoms with E-state index >= 15 is 0 Å². The maximum Gasteiger partial charge on any atom is 0.112 e. The molecule has 0 amide bonds. The molecule has 1 saturated heterocycles. The molecular weight excluding hydrogens is 202 g/mol. The lowest BCUT2D eigenvalue weighted by Gasteiger charge is -2.50. The summed E-state index contributed by atoms with van der Waals surface area (Å²) in [6, 6.07) is 0.165. The summed E-state index contributed by atoms with van der Waals surface area (Å²) in [4.78, 5) is 0.